The van der Waals surface area contributed by atoms with Gasteiger partial charge in [0.2, 0.25) is 5.91 Å². The molecule has 202 valence electrons. The molecule has 2 atom stereocenters. The third-order valence-electron chi connectivity index (χ3n) is 7.75. The van der Waals surface area contributed by atoms with Gasteiger partial charge in [0.1, 0.15) is 11.8 Å². The second-order valence-corrected chi connectivity index (χ2v) is 10.4. The van der Waals surface area contributed by atoms with Gasteiger partial charge in [-0.2, -0.15) is 13.2 Å². The minimum atomic E-state index is -4.52. The molecule has 1 saturated heterocycles. The Morgan fingerprint density at radius 1 is 1.11 bits per heavy atom. The van der Waals surface area contributed by atoms with Gasteiger partial charge in [-0.3, -0.25) is 4.79 Å². The molecule has 7 nitrogen and oxygen atoms in total. The van der Waals surface area contributed by atoms with Crippen molar-refractivity contribution < 1.29 is 28.2 Å². The van der Waals surface area contributed by atoms with Crippen LogP contribution in [-0.4, -0.2) is 54.7 Å². The molecular weight excluding hydrogens is 497 g/mol. The van der Waals surface area contributed by atoms with Gasteiger partial charge in [-0.15, -0.1) is 5.10 Å². The van der Waals surface area contributed by atoms with Crippen molar-refractivity contribution in [1.82, 2.24) is 19.9 Å². The molecule has 1 amide bonds. The zero-order valence-electron chi connectivity index (χ0n) is 20.9. The van der Waals surface area contributed by atoms with E-state index in [4.69, 9.17) is 0 Å². The molecule has 3 aromatic rings. The number of fused-ring (bicyclic) bond motifs is 1. The smallest absolute Gasteiger partial charge is 0.388 e. The van der Waals surface area contributed by atoms with E-state index in [0.29, 0.717) is 25.9 Å². The van der Waals surface area contributed by atoms with E-state index >= 15 is 0 Å². The highest BCUT2D eigenvalue weighted by molar-refractivity contribution is 5.84. The summed E-state index contributed by atoms with van der Waals surface area (Å²) < 4.78 is 40.5. The molecule has 1 aromatic heterocycles. The van der Waals surface area contributed by atoms with Crippen LogP contribution in [0.2, 0.25) is 0 Å². The molecule has 0 bridgehead atoms. The van der Waals surface area contributed by atoms with E-state index in [9.17, 15) is 28.2 Å². The van der Waals surface area contributed by atoms with E-state index in [1.165, 1.54) is 28.6 Å². The number of hydrogen-bond acceptors (Lipinski definition) is 5. The fourth-order valence-electron chi connectivity index (χ4n) is 5.57. The highest BCUT2D eigenvalue weighted by Crippen LogP contribution is 2.35. The number of halogens is 3. The SMILES string of the molecule is O=C(C1CCCCc2ccccc21)N1CCC(O)(Cn2cc(C(O)c3cccc(C(F)(F)F)c3)nn2)CC1. The summed E-state index contributed by atoms with van der Waals surface area (Å²) in [6.45, 7) is 0.939. The third-order valence-corrected chi connectivity index (χ3v) is 7.75. The van der Waals surface area contributed by atoms with Crippen LogP contribution in [0.1, 0.15) is 72.1 Å². The van der Waals surface area contributed by atoms with Crippen LogP contribution in [0.5, 0.6) is 0 Å². The molecule has 1 aliphatic heterocycles. The van der Waals surface area contributed by atoms with Gasteiger partial charge >= 0.3 is 6.18 Å². The lowest BCUT2D eigenvalue weighted by atomic mass is 9.88. The quantitative estimate of drug-likeness (QED) is 0.484. The van der Waals surface area contributed by atoms with Crippen molar-refractivity contribution in [2.24, 2.45) is 0 Å². The van der Waals surface area contributed by atoms with E-state index in [1.54, 1.807) is 0 Å². The molecule has 2 heterocycles. The number of alkyl halides is 3. The summed E-state index contributed by atoms with van der Waals surface area (Å²) in [5.74, 6) is -0.0521. The number of aliphatic hydroxyl groups excluding tert-OH is 1. The van der Waals surface area contributed by atoms with E-state index in [0.717, 1.165) is 43.4 Å². The van der Waals surface area contributed by atoms with Gasteiger partial charge in [0.15, 0.2) is 0 Å². The number of carbonyl (C=O) groups is 1. The Balaban J connectivity index is 1.22. The highest BCUT2D eigenvalue weighted by Gasteiger charge is 2.37. The molecule has 0 saturated carbocycles. The maximum Gasteiger partial charge on any atom is 0.416 e. The lowest BCUT2D eigenvalue weighted by molar-refractivity contribution is -0.138. The van der Waals surface area contributed by atoms with Gasteiger partial charge in [-0.1, -0.05) is 48.0 Å². The first-order valence-corrected chi connectivity index (χ1v) is 13.0. The Bertz CT molecular complexity index is 1280. The monoisotopic (exact) mass is 528 g/mol. The molecule has 10 heteroatoms. The summed E-state index contributed by atoms with van der Waals surface area (Å²) in [7, 11) is 0. The molecule has 2 aromatic carbocycles. The Kier molecular flexibility index (Phi) is 7.28. The van der Waals surface area contributed by atoms with Crippen LogP contribution in [0.3, 0.4) is 0 Å². The van der Waals surface area contributed by atoms with Crippen molar-refractivity contribution in [1.29, 1.82) is 0 Å². The van der Waals surface area contributed by atoms with E-state index in [1.807, 2.05) is 17.0 Å². The summed E-state index contributed by atoms with van der Waals surface area (Å²) >= 11 is 0. The minimum absolute atomic E-state index is 0.0532. The van der Waals surface area contributed by atoms with Crippen molar-refractivity contribution >= 4 is 5.91 Å². The molecule has 5 rings (SSSR count). The second-order valence-electron chi connectivity index (χ2n) is 10.4. The van der Waals surface area contributed by atoms with Crippen molar-refractivity contribution in [3.63, 3.8) is 0 Å². The number of amides is 1. The van der Waals surface area contributed by atoms with Crippen LogP contribution in [0.15, 0.2) is 54.7 Å². The van der Waals surface area contributed by atoms with Crippen LogP contribution in [0.4, 0.5) is 13.2 Å². The van der Waals surface area contributed by atoms with Gasteiger partial charge in [-0.05, 0) is 60.9 Å². The number of aryl methyl sites for hydroxylation is 1. The summed E-state index contributed by atoms with van der Waals surface area (Å²) in [4.78, 5) is 15.3. The van der Waals surface area contributed by atoms with Gasteiger partial charge < -0.3 is 15.1 Å². The molecule has 1 aliphatic carbocycles. The summed E-state index contributed by atoms with van der Waals surface area (Å²) in [6.07, 6.45) is 0.135. The molecule has 1 fully saturated rings. The Hall–Kier alpha value is -3.24. The van der Waals surface area contributed by atoms with Crippen LogP contribution in [0.25, 0.3) is 0 Å². The normalized spacial score (nSPS) is 20.4. The van der Waals surface area contributed by atoms with Crippen molar-refractivity contribution in [2.45, 2.75) is 68.9 Å². The number of nitrogens with zero attached hydrogens (tertiary/aromatic N) is 4. The largest absolute Gasteiger partial charge is 0.416 e. The van der Waals surface area contributed by atoms with Gasteiger partial charge in [0, 0.05) is 13.1 Å². The zero-order valence-corrected chi connectivity index (χ0v) is 20.9. The van der Waals surface area contributed by atoms with Crippen LogP contribution in [0, 0.1) is 0 Å². The van der Waals surface area contributed by atoms with Gasteiger partial charge in [0.25, 0.3) is 0 Å². The van der Waals surface area contributed by atoms with Crippen LogP contribution in [-0.2, 0) is 23.9 Å². The maximum absolute atomic E-state index is 13.5. The molecule has 2 aliphatic rings. The minimum Gasteiger partial charge on any atom is -0.388 e. The molecule has 2 N–H and O–H groups in total. The summed E-state index contributed by atoms with van der Waals surface area (Å²) in [6, 6.07) is 12.6. The third kappa shape index (κ3) is 5.61. The number of benzene rings is 2. The molecule has 38 heavy (non-hydrogen) atoms. The molecular formula is C28H31F3N4O3. The first-order chi connectivity index (χ1) is 18.1. The average molecular weight is 529 g/mol. The number of likely N-dealkylation sites (tertiary alicyclic amines) is 1. The number of hydrogen-bond donors (Lipinski definition) is 2. The predicted octanol–water partition coefficient (Wildman–Crippen LogP) is 4.24. The van der Waals surface area contributed by atoms with Crippen molar-refractivity contribution in [3.8, 4) is 0 Å². The lowest BCUT2D eigenvalue weighted by Crippen LogP contribution is -2.49. The topological polar surface area (TPSA) is 91.5 Å². The first-order valence-electron chi connectivity index (χ1n) is 13.0. The summed E-state index contributed by atoms with van der Waals surface area (Å²) in [5, 5.41) is 29.7. The number of piperidine rings is 1. The zero-order chi connectivity index (χ0) is 26.9. The Labute approximate surface area is 218 Å². The average Bonchev–Trinajstić information content (AvgIpc) is 3.25. The number of aromatic nitrogens is 3. The second kappa shape index (κ2) is 10.5. The van der Waals surface area contributed by atoms with E-state index in [2.05, 4.69) is 22.4 Å². The molecule has 0 radical (unpaired) electrons. The number of carbonyl (C=O) groups excluding carboxylic acids is 1. The highest BCUT2D eigenvalue weighted by atomic mass is 19.4. The van der Waals surface area contributed by atoms with Crippen LogP contribution >= 0.6 is 0 Å². The fraction of sp³-hybridized carbons (Fsp3) is 0.464. The molecule has 2 unspecified atom stereocenters. The maximum atomic E-state index is 13.5. The van der Waals surface area contributed by atoms with Crippen LogP contribution < -0.4 is 0 Å². The fourth-order valence-corrected chi connectivity index (χ4v) is 5.57. The first kappa shape index (κ1) is 26.4. The number of rotatable bonds is 5. The molecule has 0 spiro atoms. The van der Waals surface area contributed by atoms with Crippen molar-refractivity contribution in [2.75, 3.05) is 13.1 Å². The predicted molar refractivity (Wildman–Crippen MR) is 133 cm³/mol. The number of aliphatic hydroxyl groups is 2. The van der Waals surface area contributed by atoms with Gasteiger partial charge in [0.05, 0.1) is 29.8 Å². The summed E-state index contributed by atoms with van der Waals surface area (Å²) in [5.41, 5.74) is 0.524. The van der Waals surface area contributed by atoms with E-state index in [-0.39, 0.29) is 29.6 Å². The Morgan fingerprint density at radius 2 is 1.87 bits per heavy atom. The van der Waals surface area contributed by atoms with E-state index < -0.39 is 23.4 Å². The van der Waals surface area contributed by atoms with Gasteiger partial charge in [-0.25, -0.2) is 4.68 Å². The standard InChI is InChI=1S/C28H31F3N4O3/c29-28(30,31)21-9-5-8-20(16-21)25(36)24-17-35(33-32-24)18-27(38)12-14-34(15-13-27)26(37)23-11-4-2-7-19-6-1-3-10-22(19)23/h1,3,5-6,8-10,16-17,23,25,36,38H,2,4,7,11-15,18H2. The van der Waals surface area contributed by atoms with Crippen molar-refractivity contribution in [3.05, 3.63) is 82.7 Å². The lowest BCUT2D eigenvalue weighted by Gasteiger charge is -2.39. The Morgan fingerprint density at radius 3 is 2.63 bits per heavy atom.